The zero-order valence-electron chi connectivity index (χ0n) is 12.7. The molecular formula is C14H22N4O2S. The Morgan fingerprint density at radius 1 is 1.48 bits per heavy atom. The molecular weight excluding hydrogens is 288 g/mol. The molecule has 1 aliphatic rings. The number of carbonyl (C=O) groups excluding carboxylic acids is 2. The van der Waals surface area contributed by atoms with E-state index in [1.54, 1.807) is 7.05 Å². The van der Waals surface area contributed by atoms with E-state index in [0.717, 1.165) is 26.1 Å². The van der Waals surface area contributed by atoms with Crippen LogP contribution in [0.3, 0.4) is 0 Å². The second kappa shape index (κ2) is 6.44. The van der Waals surface area contributed by atoms with Crippen LogP contribution >= 0.6 is 11.3 Å². The van der Waals surface area contributed by atoms with E-state index >= 15 is 0 Å². The molecule has 1 amide bonds. The van der Waals surface area contributed by atoms with E-state index in [1.165, 1.54) is 18.3 Å². The van der Waals surface area contributed by atoms with Crippen LogP contribution in [0.5, 0.6) is 0 Å². The minimum atomic E-state index is -0.262. The van der Waals surface area contributed by atoms with Gasteiger partial charge in [0.05, 0.1) is 16.1 Å². The number of carbonyl (C=O) groups is 2. The van der Waals surface area contributed by atoms with Crippen LogP contribution in [0.25, 0.3) is 0 Å². The van der Waals surface area contributed by atoms with Crippen molar-refractivity contribution >= 4 is 33.7 Å². The number of amides is 1. The normalized spacial score (nSPS) is 18.7. The van der Waals surface area contributed by atoms with E-state index in [-0.39, 0.29) is 17.4 Å². The largest absolute Gasteiger partial charge is 0.397 e. The minimum Gasteiger partial charge on any atom is -0.397 e. The van der Waals surface area contributed by atoms with E-state index in [1.807, 2.05) is 0 Å². The standard InChI is InChI=1S/C14H22N4O2S/c1-8(19)12-11(15)10(13(20)16-2)14(21-12)17-6-9-4-5-18(3)7-9/h9,17H,4-7,15H2,1-3H3,(H,16,20). The summed E-state index contributed by atoms with van der Waals surface area (Å²) in [5.41, 5.74) is 6.63. The van der Waals surface area contributed by atoms with Crippen LogP contribution in [0.1, 0.15) is 33.4 Å². The molecule has 1 unspecified atom stereocenters. The van der Waals surface area contributed by atoms with E-state index < -0.39 is 0 Å². The number of ketones is 1. The Kier molecular flexibility index (Phi) is 4.84. The highest BCUT2D eigenvalue weighted by atomic mass is 32.1. The van der Waals surface area contributed by atoms with Crippen molar-refractivity contribution in [3.63, 3.8) is 0 Å². The van der Waals surface area contributed by atoms with E-state index in [0.29, 0.717) is 21.4 Å². The zero-order valence-corrected chi connectivity index (χ0v) is 13.5. The molecule has 7 heteroatoms. The Hall–Kier alpha value is -1.60. The van der Waals surface area contributed by atoms with Crippen LogP contribution < -0.4 is 16.4 Å². The summed E-state index contributed by atoms with van der Waals surface area (Å²) in [7, 11) is 3.66. The maximum atomic E-state index is 12.0. The number of nitrogens with one attached hydrogen (secondary N) is 2. The van der Waals surface area contributed by atoms with Crippen molar-refractivity contribution in [2.75, 3.05) is 44.8 Å². The number of hydrogen-bond donors (Lipinski definition) is 3. The van der Waals surface area contributed by atoms with Crippen LogP contribution in [-0.4, -0.2) is 50.3 Å². The fraction of sp³-hybridized carbons (Fsp3) is 0.571. The predicted molar refractivity (Wildman–Crippen MR) is 86.2 cm³/mol. The molecule has 116 valence electrons. The molecule has 0 aromatic carbocycles. The molecule has 0 saturated carbocycles. The average Bonchev–Trinajstić information content (AvgIpc) is 2.99. The van der Waals surface area contributed by atoms with Gasteiger partial charge in [0.25, 0.3) is 5.91 Å². The highest BCUT2D eigenvalue weighted by molar-refractivity contribution is 7.19. The first-order chi connectivity index (χ1) is 9.93. The van der Waals surface area contributed by atoms with Crippen LogP contribution in [-0.2, 0) is 0 Å². The number of rotatable bonds is 5. The molecule has 1 saturated heterocycles. The molecule has 2 heterocycles. The van der Waals surface area contributed by atoms with Crippen molar-refractivity contribution in [2.24, 2.45) is 5.92 Å². The maximum Gasteiger partial charge on any atom is 0.256 e. The lowest BCUT2D eigenvalue weighted by Crippen LogP contribution is -2.22. The van der Waals surface area contributed by atoms with Crippen LogP contribution in [0.4, 0.5) is 10.7 Å². The van der Waals surface area contributed by atoms with Gasteiger partial charge in [0.2, 0.25) is 0 Å². The van der Waals surface area contributed by atoms with Gasteiger partial charge in [-0.05, 0) is 25.9 Å². The molecule has 1 aliphatic heterocycles. The van der Waals surface area contributed by atoms with E-state index in [4.69, 9.17) is 5.73 Å². The molecule has 1 atom stereocenters. The summed E-state index contributed by atoms with van der Waals surface area (Å²) in [4.78, 5) is 26.3. The maximum absolute atomic E-state index is 12.0. The van der Waals surface area contributed by atoms with Gasteiger partial charge in [-0.3, -0.25) is 9.59 Å². The first kappa shape index (κ1) is 15.8. The Balaban J connectivity index is 2.19. The molecule has 6 nitrogen and oxygen atoms in total. The third-order valence-electron chi connectivity index (χ3n) is 3.76. The zero-order chi connectivity index (χ0) is 15.6. The Bertz CT molecular complexity index is 555. The third kappa shape index (κ3) is 3.36. The van der Waals surface area contributed by atoms with Crippen molar-refractivity contribution in [1.29, 1.82) is 0 Å². The summed E-state index contributed by atoms with van der Waals surface area (Å²) in [6, 6.07) is 0. The van der Waals surface area contributed by atoms with E-state index in [9.17, 15) is 9.59 Å². The second-order valence-electron chi connectivity index (χ2n) is 5.48. The minimum absolute atomic E-state index is 0.115. The first-order valence-corrected chi connectivity index (χ1v) is 7.83. The summed E-state index contributed by atoms with van der Waals surface area (Å²) in [6.45, 7) is 4.39. The number of Topliss-reactive ketones (excluding diaryl/α,β-unsaturated/α-hetero) is 1. The van der Waals surface area contributed by atoms with Gasteiger partial charge >= 0.3 is 0 Å². The first-order valence-electron chi connectivity index (χ1n) is 7.01. The second-order valence-corrected chi connectivity index (χ2v) is 6.50. The van der Waals surface area contributed by atoms with Gasteiger partial charge in [-0.2, -0.15) is 0 Å². The molecule has 0 spiro atoms. The van der Waals surface area contributed by atoms with Gasteiger partial charge < -0.3 is 21.3 Å². The number of anilines is 2. The van der Waals surface area contributed by atoms with Crippen molar-refractivity contribution in [2.45, 2.75) is 13.3 Å². The fourth-order valence-electron chi connectivity index (χ4n) is 2.61. The lowest BCUT2D eigenvalue weighted by Gasteiger charge is -2.12. The number of thiophene rings is 1. The Morgan fingerprint density at radius 2 is 2.19 bits per heavy atom. The summed E-state index contributed by atoms with van der Waals surface area (Å²) in [6.07, 6.45) is 1.14. The highest BCUT2D eigenvalue weighted by Gasteiger charge is 2.25. The summed E-state index contributed by atoms with van der Waals surface area (Å²) in [5.74, 6) is 0.176. The molecule has 1 fully saturated rings. The lowest BCUT2D eigenvalue weighted by atomic mass is 10.1. The number of hydrogen-bond acceptors (Lipinski definition) is 6. The molecule has 1 aromatic heterocycles. The predicted octanol–water partition coefficient (Wildman–Crippen LogP) is 1.26. The van der Waals surface area contributed by atoms with Crippen molar-refractivity contribution in [3.05, 3.63) is 10.4 Å². The smallest absolute Gasteiger partial charge is 0.256 e. The van der Waals surface area contributed by atoms with Gasteiger partial charge in [-0.25, -0.2) is 0 Å². The van der Waals surface area contributed by atoms with Gasteiger partial charge in [0.1, 0.15) is 5.00 Å². The van der Waals surface area contributed by atoms with Gasteiger partial charge in [0.15, 0.2) is 5.78 Å². The molecule has 21 heavy (non-hydrogen) atoms. The van der Waals surface area contributed by atoms with Crippen LogP contribution in [0.15, 0.2) is 0 Å². The topological polar surface area (TPSA) is 87.5 Å². The summed E-state index contributed by atoms with van der Waals surface area (Å²) < 4.78 is 0. The van der Waals surface area contributed by atoms with Crippen LogP contribution in [0, 0.1) is 5.92 Å². The van der Waals surface area contributed by atoms with Crippen molar-refractivity contribution < 1.29 is 9.59 Å². The third-order valence-corrected chi connectivity index (χ3v) is 5.02. The Labute approximate surface area is 128 Å². The van der Waals surface area contributed by atoms with Gasteiger partial charge in [-0.15, -0.1) is 11.3 Å². The highest BCUT2D eigenvalue weighted by Crippen LogP contribution is 2.36. The average molecular weight is 310 g/mol. The van der Waals surface area contributed by atoms with E-state index in [2.05, 4.69) is 22.6 Å². The molecule has 1 aromatic rings. The molecule has 0 radical (unpaired) electrons. The number of likely N-dealkylation sites (tertiary alicyclic amines) is 1. The molecule has 2 rings (SSSR count). The molecule has 0 bridgehead atoms. The number of nitrogen functional groups attached to an aromatic ring is 1. The van der Waals surface area contributed by atoms with Crippen LogP contribution in [0.2, 0.25) is 0 Å². The number of nitrogens with two attached hydrogens (primary N) is 1. The lowest BCUT2D eigenvalue weighted by molar-refractivity contribution is 0.0965. The fourth-order valence-corrected chi connectivity index (χ4v) is 3.63. The SMILES string of the molecule is CNC(=O)c1c(NCC2CCN(C)C2)sc(C(C)=O)c1N. The quantitative estimate of drug-likeness (QED) is 0.713. The molecule has 0 aliphatic carbocycles. The summed E-state index contributed by atoms with van der Waals surface area (Å²) in [5, 5.41) is 6.57. The Morgan fingerprint density at radius 3 is 2.71 bits per heavy atom. The van der Waals surface area contributed by atoms with Crippen molar-refractivity contribution in [3.8, 4) is 0 Å². The van der Waals surface area contributed by atoms with Gasteiger partial charge in [0, 0.05) is 27.1 Å². The summed E-state index contributed by atoms with van der Waals surface area (Å²) >= 11 is 1.26. The monoisotopic (exact) mass is 310 g/mol. The number of nitrogens with zero attached hydrogens (tertiary/aromatic N) is 1. The molecule has 4 N–H and O–H groups in total. The van der Waals surface area contributed by atoms with Crippen molar-refractivity contribution in [1.82, 2.24) is 10.2 Å². The van der Waals surface area contributed by atoms with Gasteiger partial charge in [-0.1, -0.05) is 0 Å².